The Bertz CT molecular complexity index is 656. The van der Waals surface area contributed by atoms with Crippen molar-refractivity contribution in [1.82, 2.24) is 9.88 Å². The second-order valence-corrected chi connectivity index (χ2v) is 5.86. The van der Waals surface area contributed by atoms with Crippen LogP contribution < -0.4 is 0 Å². The fraction of sp³-hybridized carbons (Fsp3) is 0.294. The van der Waals surface area contributed by atoms with Gasteiger partial charge in [-0.3, -0.25) is 4.90 Å². The summed E-state index contributed by atoms with van der Waals surface area (Å²) >= 11 is 5.94. The molecular formula is C17H16ClN3. The molecule has 0 bridgehead atoms. The Kier molecular flexibility index (Phi) is 4.19. The number of nitriles is 1. The van der Waals surface area contributed by atoms with Crippen LogP contribution in [0.2, 0.25) is 5.02 Å². The Morgan fingerprint density at radius 2 is 1.86 bits per heavy atom. The number of aromatic nitrogens is 1. The zero-order valence-corrected chi connectivity index (χ0v) is 12.4. The standard InChI is InChI=1S/C17H16ClN3/c18-15-3-1-13(2-4-15)11-21(17-5-6-17)12-14-7-8-20-16(9-14)10-19/h1-4,7-9,17H,5-6,11-12H2. The molecule has 1 aliphatic rings. The first-order chi connectivity index (χ1) is 10.2. The van der Waals surface area contributed by atoms with Gasteiger partial charge in [-0.25, -0.2) is 4.98 Å². The number of hydrogen-bond donors (Lipinski definition) is 0. The van der Waals surface area contributed by atoms with Gasteiger partial charge < -0.3 is 0 Å². The molecule has 1 heterocycles. The van der Waals surface area contributed by atoms with Crippen LogP contribution in [-0.4, -0.2) is 15.9 Å². The summed E-state index contributed by atoms with van der Waals surface area (Å²) in [7, 11) is 0. The van der Waals surface area contributed by atoms with Gasteiger partial charge in [0.25, 0.3) is 0 Å². The number of halogens is 1. The van der Waals surface area contributed by atoms with E-state index in [-0.39, 0.29) is 0 Å². The molecule has 106 valence electrons. The fourth-order valence-electron chi connectivity index (χ4n) is 2.45. The van der Waals surface area contributed by atoms with Crippen LogP contribution in [0.3, 0.4) is 0 Å². The third kappa shape index (κ3) is 3.81. The van der Waals surface area contributed by atoms with Crippen LogP contribution in [-0.2, 0) is 13.1 Å². The molecule has 1 aromatic carbocycles. The van der Waals surface area contributed by atoms with Gasteiger partial charge in [-0.15, -0.1) is 0 Å². The van der Waals surface area contributed by atoms with Gasteiger partial charge in [0.1, 0.15) is 11.8 Å². The van der Waals surface area contributed by atoms with E-state index in [0.29, 0.717) is 11.7 Å². The van der Waals surface area contributed by atoms with Gasteiger partial charge in [0, 0.05) is 30.4 Å². The highest BCUT2D eigenvalue weighted by Crippen LogP contribution is 2.30. The van der Waals surface area contributed by atoms with Crippen LogP contribution in [0.25, 0.3) is 0 Å². The molecule has 2 aromatic rings. The maximum absolute atomic E-state index is 8.94. The summed E-state index contributed by atoms with van der Waals surface area (Å²) in [4.78, 5) is 6.48. The monoisotopic (exact) mass is 297 g/mol. The molecule has 21 heavy (non-hydrogen) atoms. The Labute approximate surface area is 129 Å². The molecule has 1 aliphatic carbocycles. The van der Waals surface area contributed by atoms with Crippen LogP contribution in [0.1, 0.15) is 29.7 Å². The first-order valence-corrected chi connectivity index (χ1v) is 7.46. The largest absolute Gasteiger partial charge is 0.292 e. The highest BCUT2D eigenvalue weighted by molar-refractivity contribution is 6.30. The van der Waals surface area contributed by atoms with Crippen molar-refractivity contribution in [3.8, 4) is 6.07 Å². The molecule has 0 aliphatic heterocycles. The van der Waals surface area contributed by atoms with Crippen molar-refractivity contribution in [3.05, 3.63) is 64.4 Å². The summed E-state index contributed by atoms with van der Waals surface area (Å²) in [6, 6.07) is 14.6. The molecule has 1 fully saturated rings. The number of rotatable bonds is 5. The predicted molar refractivity (Wildman–Crippen MR) is 82.7 cm³/mol. The molecule has 1 saturated carbocycles. The number of hydrogen-bond acceptors (Lipinski definition) is 3. The van der Waals surface area contributed by atoms with Gasteiger partial charge in [-0.1, -0.05) is 23.7 Å². The molecular weight excluding hydrogens is 282 g/mol. The van der Waals surface area contributed by atoms with E-state index in [1.807, 2.05) is 24.3 Å². The van der Waals surface area contributed by atoms with Crippen molar-refractivity contribution in [2.24, 2.45) is 0 Å². The first-order valence-electron chi connectivity index (χ1n) is 7.08. The Morgan fingerprint density at radius 3 is 2.52 bits per heavy atom. The van der Waals surface area contributed by atoms with Gasteiger partial charge >= 0.3 is 0 Å². The van der Waals surface area contributed by atoms with E-state index in [0.717, 1.165) is 23.7 Å². The Balaban J connectivity index is 1.72. The lowest BCUT2D eigenvalue weighted by molar-refractivity contribution is 0.245. The van der Waals surface area contributed by atoms with E-state index in [9.17, 15) is 0 Å². The van der Waals surface area contributed by atoms with Gasteiger partial charge in [0.2, 0.25) is 0 Å². The number of nitrogens with zero attached hydrogens (tertiary/aromatic N) is 3. The summed E-state index contributed by atoms with van der Waals surface area (Å²) in [6.07, 6.45) is 4.22. The lowest BCUT2D eigenvalue weighted by atomic mass is 10.1. The van der Waals surface area contributed by atoms with Crippen LogP contribution in [0, 0.1) is 11.3 Å². The quantitative estimate of drug-likeness (QED) is 0.843. The predicted octanol–water partition coefficient (Wildman–Crippen LogP) is 3.77. The van der Waals surface area contributed by atoms with E-state index in [1.54, 1.807) is 6.20 Å². The lowest BCUT2D eigenvalue weighted by Gasteiger charge is -2.22. The molecule has 3 nitrogen and oxygen atoms in total. The van der Waals surface area contributed by atoms with Gasteiger partial charge in [0.15, 0.2) is 0 Å². The highest BCUT2D eigenvalue weighted by Gasteiger charge is 2.28. The molecule has 0 saturated heterocycles. The minimum absolute atomic E-state index is 0.481. The molecule has 0 amide bonds. The Morgan fingerprint density at radius 1 is 1.14 bits per heavy atom. The third-order valence-corrected chi connectivity index (χ3v) is 3.94. The van der Waals surface area contributed by atoms with Crippen LogP contribution in [0.15, 0.2) is 42.6 Å². The fourth-order valence-corrected chi connectivity index (χ4v) is 2.57. The van der Waals surface area contributed by atoms with Crippen molar-refractivity contribution >= 4 is 11.6 Å². The summed E-state index contributed by atoms with van der Waals surface area (Å²) < 4.78 is 0. The molecule has 0 atom stereocenters. The smallest absolute Gasteiger partial charge is 0.140 e. The maximum atomic E-state index is 8.94. The number of pyridine rings is 1. The minimum Gasteiger partial charge on any atom is -0.292 e. The van der Waals surface area contributed by atoms with E-state index in [1.165, 1.54) is 18.4 Å². The summed E-state index contributed by atoms with van der Waals surface area (Å²) in [5, 5.41) is 9.71. The van der Waals surface area contributed by atoms with E-state index < -0.39 is 0 Å². The average Bonchev–Trinajstić information content (AvgIpc) is 3.34. The highest BCUT2D eigenvalue weighted by atomic mass is 35.5. The average molecular weight is 298 g/mol. The van der Waals surface area contributed by atoms with Crippen molar-refractivity contribution < 1.29 is 0 Å². The summed E-state index contributed by atoms with van der Waals surface area (Å²) in [5.74, 6) is 0. The van der Waals surface area contributed by atoms with E-state index in [4.69, 9.17) is 16.9 Å². The van der Waals surface area contributed by atoms with E-state index >= 15 is 0 Å². The lowest BCUT2D eigenvalue weighted by Crippen LogP contribution is -2.25. The van der Waals surface area contributed by atoms with Gasteiger partial charge in [0.05, 0.1) is 0 Å². The van der Waals surface area contributed by atoms with E-state index in [2.05, 4.69) is 28.1 Å². The zero-order valence-electron chi connectivity index (χ0n) is 11.7. The SMILES string of the molecule is N#Cc1cc(CN(Cc2ccc(Cl)cc2)C2CC2)ccn1. The first kappa shape index (κ1) is 14.1. The van der Waals surface area contributed by atoms with Crippen LogP contribution >= 0.6 is 11.6 Å². The van der Waals surface area contributed by atoms with Crippen LogP contribution in [0.5, 0.6) is 0 Å². The molecule has 0 unspecified atom stereocenters. The number of benzene rings is 1. The maximum Gasteiger partial charge on any atom is 0.140 e. The van der Waals surface area contributed by atoms with Crippen molar-refractivity contribution in [2.45, 2.75) is 32.0 Å². The molecule has 4 heteroatoms. The topological polar surface area (TPSA) is 39.9 Å². The van der Waals surface area contributed by atoms with Crippen molar-refractivity contribution in [1.29, 1.82) is 5.26 Å². The van der Waals surface area contributed by atoms with Crippen molar-refractivity contribution in [3.63, 3.8) is 0 Å². The zero-order chi connectivity index (χ0) is 14.7. The summed E-state index contributed by atoms with van der Waals surface area (Å²) in [5.41, 5.74) is 2.89. The second-order valence-electron chi connectivity index (χ2n) is 5.42. The Hall–Kier alpha value is -1.89. The third-order valence-electron chi connectivity index (χ3n) is 3.69. The van der Waals surface area contributed by atoms with Gasteiger partial charge in [-0.2, -0.15) is 5.26 Å². The molecule has 1 aromatic heterocycles. The normalized spacial score (nSPS) is 14.1. The van der Waals surface area contributed by atoms with Crippen LogP contribution in [0.4, 0.5) is 0 Å². The second kappa shape index (κ2) is 6.26. The molecule has 0 radical (unpaired) electrons. The van der Waals surface area contributed by atoms with Gasteiger partial charge in [-0.05, 0) is 48.2 Å². The molecule has 0 N–H and O–H groups in total. The van der Waals surface area contributed by atoms with Crippen molar-refractivity contribution in [2.75, 3.05) is 0 Å². The molecule has 3 rings (SSSR count). The minimum atomic E-state index is 0.481. The summed E-state index contributed by atoms with van der Waals surface area (Å²) in [6.45, 7) is 1.76. The molecule has 0 spiro atoms.